The third-order valence-corrected chi connectivity index (χ3v) is 8.47. The molecule has 0 aliphatic heterocycles. The molecule has 0 spiro atoms. The number of tetrazole rings is 1. The number of hydrogen-bond donors (Lipinski definition) is 2. The average Bonchev–Trinajstić information content (AvgIpc) is 3.69. The standard InChI is InChI=1S/C34H33N9O6S/c1-22(2)25-13-14-29(36-20-25)50(44,45)41-33-30(49-28-12-8-7-11-27(28)46-3)34(48-18-17-47-21-23-9-5-4-6-10-23)38-31(37-33)24-15-16-35-26(19-24)32-39-42-43-40-32/h4-16,19-20,22H,17-18,21H2,1-3H3,(H,37,38,41)(H,39,40,42,43). The van der Waals surface area contributed by atoms with Crippen LogP contribution in [0.15, 0.2) is 96.3 Å². The Labute approximate surface area is 288 Å². The van der Waals surface area contributed by atoms with Crippen molar-refractivity contribution in [3.63, 3.8) is 0 Å². The minimum Gasteiger partial charge on any atom is -0.493 e. The Morgan fingerprint density at radius 2 is 1.68 bits per heavy atom. The van der Waals surface area contributed by atoms with Gasteiger partial charge in [-0.2, -0.15) is 18.6 Å². The zero-order valence-corrected chi connectivity index (χ0v) is 28.2. The minimum atomic E-state index is -4.29. The zero-order valence-electron chi connectivity index (χ0n) is 27.3. The summed E-state index contributed by atoms with van der Waals surface area (Å²) in [6.07, 6.45) is 3.04. The number of anilines is 1. The maximum absolute atomic E-state index is 13.8. The SMILES string of the molecule is COc1ccccc1Oc1c(NS(=O)(=O)c2ccc(C(C)C)cn2)nc(-c2ccnc(-c3nn[nH]n3)c2)nc1OCCOCc1ccccc1. The van der Waals surface area contributed by atoms with Crippen LogP contribution in [0.4, 0.5) is 5.82 Å². The maximum Gasteiger partial charge on any atom is 0.280 e. The Bertz CT molecular complexity index is 2130. The highest BCUT2D eigenvalue weighted by molar-refractivity contribution is 7.92. The van der Waals surface area contributed by atoms with E-state index >= 15 is 0 Å². The molecule has 0 fully saturated rings. The molecule has 0 unspecified atom stereocenters. The molecular formula is C34H33N9O6S. The second-order valence-corrected chi connectivity index (χ2v) is 12.7. The zero-order chi connectivity index (χ0) is 34.9. The van der Waals surface area contributed by atoms with E-state index in [4.69, 9.17) is 18.9 Å². The molecule has 15 nitrogen and oxygen atoms in total. The number of para-hydroxylation sites is 2. The van der Waals surface area contributed by atoms with Gasteiger partial charge in [-0.15, -0.1) is 10.2 Å². The molecule has 16 heteroatoms. The van der Waals surface area contributed by atoms with E-state index in [0.29, 0.717) is 23.6 Å². The highest BCUT2D eigenvalue weighted by Crippen LogP contribution is 2.41. The summed E-state index contributed by atoms with van der Waals surface area (Å²) in [5.74, 6) is 0.740. The average molecular weight is 696 g/mol. The van der Waals surface area contributed by atoms with Gasteiger partial charge in [-0.3, -0.25) is 9.71 Å². The van der Waals surface area contributed by atoms with Gasteiger partial charge in [0.05, 0.1) is 20.3 Å². The van der Waals surface area contributed by atoms with E-state index < -0.39 is 10.0 Å². The lowest BCUT2D eigenvalue weighted by Crippen LogP contribution is -2.18. The van der Waals surface area contributed by atoms with Gasteiger partial charge in [0, 0.05) is 18.0 Å². The summed E-state index contributed by atoms with van der Waals surface area (Å²) >= 11 is 0. The van der Waals surface area contributed by atoms with E-state index in [1.54, 1.807) is 42.5 Å². The van der Waals surface area contributed by atoms with Crippen LogP contribution in [0.5, 0.6) is 23.1 Å². The Balaban J connectivity index is 1.42. The number of nitrogens with one attached hydrogen (secondary N) is 2. The molecular weight excluding hydrogens is 662 g/mol. The van der Waals surface area contributed by atoms with Crippen LogP contribution in [-0.4, -0.2) is 69.3 Å². The molecule has 6 rings (SSSR count). The first-order chi connectivity index (χ1) is 24.3. The highest BCUT2D eigenvalue weighted by Gasteiger charge is 2.26. The van der Waals surface area contributed by atoms with Crippen molar-refractivity contribution in [2.24, 2.45) is 0 Å². The second kappa shape index (κ2) is 15.5. The van der Waals surface area contributed by atoms with Crippen LogP contribution in [0.1, 0.15) is 30.9 Å². The van der Waals surface area contributed by atoms with Crippen LogP contribution in [0, 0.1) is 0 Å². The number of H-pyrrole nitrogens is 1. The number of pyridine rings is 2. The van der Waals surface area contributed by atoms with Crippen LogP contribution < -0.4 is 18.9 Å². The number of hydrogen-bond acceptors (Lipinski definition) is 13. The number of aromatic amines is 1. The summed E-state index contributed by atoms with van der Waals surface area (Å²) in [4.78, 5) is 17.8. The van der Waals surface area contributed by atoms with Crippen molar-refractivity contribution < 1.29 is 27.4 Å². The van der Waals surface area contributed by atoms with Crippen LogP contribution in [0.25, 0.3) is 22.9 Å². The van der Waals surface area contributed by atoms with Crippen molar-refractivity contribution in [3.8, 4) is 46.0 Å². The molecule has 6 aromatic rings. The van der Waals surface area contributed by atoms with Crippen molar-refractivity contribution in [2.75, 3.05) is 25.0 Å². The number of rotatable bonds is 15. The van der Waals surface area contributed by atoms with Gasteiger partial charge in [-0.25, -0.2) is 9.97 Å². The van der Waals surface area contributed by atoms with Crippen molar-refractivity contribution in [2.45, 2.75) is 31.4 Å². The summed E-state index contributed by atoms with van der Waals surface area (Å²) in [5.41, 5.74) is 2.71. The molecule has 0 bridgehead atoms. The first kappa shape index (κ1) is 33.9. The summed E-state index contributed by atoms with van der Waals surface area (Å²) in [6.45, 7) is 4.58. The molecule has 0 saturated heterocycles. The minimum absolute atomic E-state index is 0.0421. The first-order valence-electron chi connectivity index (χ1n) is 15.5. The third kappa shape index (κ3) is 8.16. The van der Waals surface area contributed by atoms with Crippen LogP contribution in [0.3, 0.4) is 0 Å². The monoisotopic (exact) mass is 695 g/mol. The molecule has 0 aliphatic rings. The smallest absolute Gasteiger partial charge is 0.280 e. The fraction of sp³-hybridized carbons (Fsp3) is 0.206. The predicted octanol–water partition coefficient (Wildman–Crippen LogP) is 5.43. The van der Waals surface area contributed by atoms with Crippen molar-refractivity contribution in [1.82, 2.24) is 40.6 Å². The summed E-state index contributed by atoms with van der Waals surface area (Å²) in [7, 11) is -2.80. The van der Waals surface area contributed by atoms with Gasteiger partial charge in [0.25, 0.3) is 15.9 Å². The van der Waals surface area contributed by atoms with Crippen LogP contribution >= 0.6 is 0 Å². The number of sulfonamides is 1. The molecule has 2 aromatic carbocycles. The van der Waals surface area contributed by atoms with Gasteiger partial charge >= 0.3 is 0 Å². The largest absolute Gasteiger partial charge is 0.493 e. The van der Waals surface area contributed by atoms with E-state index in [-0.39, 0.29) is 59.0 Å². The molecule has 0 radical (unpaired) electrons. The number of ether oxygens (including phenoxy) is 4. The lowest BCUT2D eigenvalue weighted by molar-refractivity contribution is 0.0866. The van der Waals surface area contributed by atoms with E-state index in [1.165, 1.54) is 25.6 Å². The van der Waals surface area contributed by atoms with Crippen molar-refractivity contribution in [3.05, 3.63) is 102 Å². The summed E-state index contributed by atoms with van der Waals surface area (Å²) < 4.78 is 53.9. The molecule has 0 amide bonds. The first-order valence-corrected chi connectivity index (χ1v) is 17.0. The molecule has 50 heavy (non-hydrogen) atoms. The van der Waals surface area contributed by atoms with Gasteiger partial charge in [-0.05, 0) is 52.6 Å². The van der Waals surface area contributed by atoms with Gasteiger partial charge in [0.15, 0.2) is 28.2 Å². The molecule has 0 aliphatic carbocycles. The number of nitrogens with zero attached hydrogens (tertiary/aromatic N) is 7. The summed E-state index contributed by atoms with van der Waals surface area (Å²) in [6, 6.07) is 23.0. The Morgan fingerprint density at radius 1 is 0.880 bits per heavy atom. The normalized spacial score (nSPS) is 11.4. The van der Waals surface area contributed by atoms with E-state index in [1.807, 2.05) is 44.2 Å². The maximum atomic E-state index is 13.8. The molecule has 4 heterocycles. The molecule has 0 atom stereocenters. The van der Waals surface area contributed by atoms with Crippen molar-refractivity contribution in [1.29, 1.82) is 0 Å². The second-order valence-electron chi connectivity index (χ2n) is 11.0. The Kier molecular flexibility index (Phi) is 10.5. The number of methoxy groups -OCH3 is 1. The van der Waals surface area contributed by atoms with E-state index in [2.05, 4.69) is 45.3 Å². The third-order valence-electron chi connectivity index (χ3n) is 7.22. The number of aromatic nitrogens is 8. The topological polar surface area (TPSA) is 189 Å². The number of benzene rings is 2. The lowest BCUT2D eigenvalue weighted by Gasteiger charge is -2.18. The molecule has 0 saturated carbocycles. The fourth-order valence-electron chi connectivity index (χ4n) is 4.63. The molecule has 2 N–H and O–H groups in total. The van der Waals surface area contributed by atoms with Crippen LogP contribution in [0.2, 0.25) is 0 Å². The Morgan fingerprint density at radius 3 is 2.40 bits per heavy atom. The van der Waals surface area contributed by atoms with Crippen LogP contribution in [-0.2, 0) is 21.4 Å². The van der Waals surface area contributed by atoms with Gasteiger partial charge in [-0.1, -0.05) is 62.4 Å². The fourth-order valence-corrected chi connectivity index (χ4v) is 5.56. The van der Waals surface area contributed by atoms with Gasteiger partial charge in [0.1, 0.15) is 12.3 Å². The van der Waals surface area contributed by atoms with Gasteiger partial charge < -0.3 is 18.9 Å². The highest BCUT2D eigenvalue weighted by atomic mass is 32.2. The summed E-state index contributed by atoms with van der Waals surface area (Å²) in [5, 5.41) is 13.8. The molecule has 256 valence electrons. The van der Waals surface area contributed by atoms with E-state index in [9.17, 15) is 8.42 Å². The van der Waals surface area contributed by atoms with Crippen molar-refractivity contribution >= 4 is 15.8 Å². The lowest BCUT2D eigenvalue weighted by atomic mass is 10.1. The Hall–Kier alpha value is -6.00. The molecule has 4 aromatic heterocycles. The predicted molar refractivity (Wildman–Crippen MR) is 182 cm³/mol. The quantitative estimate of drug-likeness (QED) is 0.129. The van der Waals surface area contributed by atoms with Gasteiger partial charge in [0.2, 0.25) is 11.6 Å². The van der Waals surface area contributed by atoms with E-state index in [0.717, 1.165) is 11.1 Å².